The van der Waals surface area contributed by atoms with Crippen LogP contribution in [0.25, 0.3) is 0 Å². The van der Waals surface area contributed by atoms with Crippen LogP contribution < -0.4 is 0 Å². The SMILES string of the molecule is O.O.O.O.O.O.O.O.O.O=[N+]([O-])[O-].[Cr]. The Hall–Kier alpha value is -0.628. The van der Waals surface area contributed by atoms with Gasteiger partial charge in [-0.15, -0.1) is 0 Å². The third-order valence-electron chi connectivity index (χ3n) is 0. The Morgan fingerprint density at radius 3 is 0.571 bits per heavy atom. The summed E-state index contributed by atoms with van der Waals surface area (Å²) in [6.07, 6.45) is 0. The van der Waals surface area contributed by atoms with Crippen molar-refractivity contribution in [3.63, 3.8) is 0 Å². The van der Waals surface area contributed by atoms with E-state index in [1.807, 2.05) is 0 Å². The summed E-state index contributed by atoms with van der Waals surface area (Å²) in [5, 5.41) is 14.8. The van der Waals surface area contributed by atoms with Gasteiger partial charge in [0.25, 0.3) is 0 Å². The average molecular weight is 276 g/mol. The van der Waals surface area contributed by atoms with Crippen molar-refractivity contribution in [2.75, 3.05) is 0 Å². The smallest absolute Gasteiger partial charge is 0.0689 e. The monoisotopic (exact) mass is 276 g/mol. The Bertz CT molecular complexity index is 33.3. The molecular weight excluding hydrogens is 258 g/mol. The average Bonchev–Trinajstić information content (AvgIpc) is 0.811. The second kappa shape index (κ2) is 284. The van der Waals surface area contributed by atoms with E-state index in [0.29, 0.717) is 0 Å². The molecular formula is H18CrNO12-. The van der Waals surface area contributed by atoms with E-state index in [9.17, 15) is 0 Å². The van der Waals surface area contributed by atoms with Crippen LogP contribution in [0.1, 0.15) is 0 Å². The van der Waals surface area contributed by atoms with E-state index in [-0.39, 0.29) is 66.6 Å². The molecule has 0 radical (unpaired) electrons. The molecule has 0 aromatic carbocycles. The van der Waals surface area contributed by atoms with Gasteiger partial charge in [-0.05, 0) is 0 Å². The van der Waals surface area contributed by atoms with E-state index >= 15 is 0 Å². The van der Waals surface area contributed by atoms with Crippen molar-refractivity contribution in [2.24, 2.45) is 0 Å². The Balaban J connectivity index is -0.000000001000. The molecule has 0 amide bonds. The first-order valence-corrected chi connectivity index (χ1v) is 0.548. The van der Waals surface area contributed by atoms with E-state index in [2.05, 4.69) is 0 Å². The molecule has 0 saturated carbocycles. The maximum absolute atomic E-state index is 8.25. The first kappa shape index (κ1) is 364. The standard InChI is InChI=1S/Cr.NO3.9H2O/c;2-1(3)4;;;;;;;;;/h;;9*1H2/q;-1;;;;;;;;;. The topological polar surface area (TPSA) is 350 Å². The first-order valence-electron chi connectivity index (χ1n) is 0.548. The minimum absolute atomic E-state index is 0. The van der Waals surface area contributed by atoms with Crippen molar-refractivity contribution in [2.45, 2.75) is 0 Å². The molecule has 0 unspecified atom stereocenters. The fraction of sp³-hybridized carbons (Fsp3) is 0. The largest absolute Gasteiger partial charge is 0.412 e. The van der Waals surface area contributed by atoms with Crippen molar-refractivity contribution >= 4 is 0 Å². The molecule has 102 valence electrons. The molecule has 13 nitrogen and oxygen atoms in total. The van der Waals surface area contributed by atoms with Crippen molar-refractivity contribution in [3.8, 4) is 0 Å². The van der Waals surface area contributed by atoms with E-state index in [0.717, 1.165) is 0 Å². The molecule has 0 atom stereocenters. The van der Waals surface area contributed by atoms with Crippen molar-refractivity contribution < 1.29 is 71.7 Å². The number of hydrogen-bond donors (Lipinski definition) is 0. The second-order valence-corrected chi connectivity index (χ2v) is 0.224. The van der Waals surface area contributed by atoms with Gasteiger partial charge in [0.1, 0.15) is 0 Å². The molecule has 14 heavy (non-hydrogen) atoms. The molecule has 0 aromatic rings. The van der Waals surface area contributed by atoms with Crippen LogP contribution in [0.3, 0.4) is 0 Å². The van der Waals surface area contributed by atoms with E-state index in [1.165, 1.54) is 0 Å². The summed E-state index contributed by atoms with van der Waals surface area (Å²) in [6.45, 7) is 0. The summed E-state index contributed by atoms with van der Waals surface area (Å²) in [4.78, 5) is 8.25. The maximum atomic E-state index is 8.25. The molecule has 0 fully saturated rings. The van der Waals surface area contributed by atoms with Gasteiger partial charge >= 0.3 is 0 Å². The molecule has 18 N–H and O–H groups in total. The predicted octanol–water partition coefficient (Wildman–Crippen LogP) is -7.66. The van der Waals surface area contributed by atoms with Crippen LogP contribution in [0.4, 0.5) is 0 Å². The molecule has 0 aromatic heterocycles. The minimum Gasteiger partial charge on any atom is -0.412 e. The number of rotatable bonds is 0. The maximum Gasteiger partial charge on any atom is 0.0689 e. The van der Waals surface area contributed by atoms with Gasteiger partial charge in [-0.2, -0.15) is 0 Å². The van der Waals surface area contributed by atoms with Gasteiger partial charge in [-0.1, -0.05) is 0 Å². The molecule has 0 aliphatic carbocycles. The predicted molar refractivity (Wildman–Crippen MR) is 42.9 cm³/mol. The van der Waals surface area contributed by atoms with E-state index in [1.54, 1.807) is 0 Å². The molecule has 0 spiro atoms. The van der Waals surface area contributed by atoms with Crippen LogP contribution in [0, 0.1) is 15.3 Å². The fourth-order valence-corrected chi connectivity index (χ4v) is 0. The van der Waals surface area contributed by atoms with Crippen LogP contribution in [0.15, 0.2) is 0 Å². The van der Waals surface area contributed by atoms with Gasteiger partial charge in [0.2, 0.25) is 0 Å². The fourth-order valence-electron chi connectivity index (χ4n) is 0. The van der Waals surface area contributed by atoms with Gasteiger partial charge in [0, 0.05) is 17.4 Å². The Morgan fingerprint density at radius 2 is 0.571 bits per heavy atom. The van der Waals surface area contributed by atoms with Crippen LogP contribution in [-0.2, 0) is 17.4 Å². The Morgan fingerprint density at radius 1 is 0.571 bits per heavy atom. The molecule has 14 heteroatoms. The summed E-state index contributed by atoms with van der Waals surface area (Å²) >= 11 is 0. The zero-order valence-corrected chi connectivity index (χ0v) is 7.86. The zero-order valence-electron chi connectivity index (χ0n) is 6.58. The van der Waals surface area contributed by atoms with Crippen LogP contribution in [0.2, 0.25) is 0 Å². The minimum atomic E-state index is -1.75. The molecule has 0 heterocycles. The number of hydrogen-bond acceptors (Lipinski definition) is 3. The van der Waals surface area contributed by atoms with Crippen molar-refractivity contribution in [3.05, 3.63) is 15.3 Å². The molecule has 0 aliphatic rings. The summed E-state index contributed by atoms with van der Waals surface area (Å²) < 4.78 is 0. The second-order valence-electron chi connectivity index (χ2n) is 0.224. The van der Waals surface area contributed by atoms with Gasteiger partial charge in [0.15, 0.2) is 0 Å². The third kappa shape index (κ3) is 3110. The van der Waals surface area contributed by atoms with Crippen LogP contribution in [0.5, 0.6) is 0 Å². The van der Waals surface area contributed by atoms with E-state index < -0.39 is 5.09 Å². The van der Waals surface area contributed by atoms with Crippen molar-refractivity contribution in [1.82, 2.24) is 0 Å². The van der Waals surface area contributed by atoms with Gasteiger partial charge in [0.05, 0.1) is 5.09 Å². The molecule has 0 saturated heterocycles. The van der Waals surface area contributed by atoms with Gasteiger partial charge < -0.3 is 64.6 Å². The molecule has 0 aliphatic heterocycles. The van der Waals surface area contributed by atoms with Crippen LogP contribution in [-0.4, -0.2) is 54.4 Å². The van der Waals surface area contributed by atoms with Crippen LogP contribution >= 0.6 is 0 Å². The Kier molecular flexibility index (Phi) is 7390. The van der Waals surface area contributed by atoms with E-state index in [4.69, 9.17) is 15.3 Å². The molecule has 0 bridgehead atoms. The summed E-state index contributed by atoms with van der Waals surface area (Å²) in [7, 11) is 0. The van der Waals surface area contributed by atoms with Gasteiger partial charge in [-0.25, -0.2) is 0 Å². The third-order valence-corrected chi connectivity index (χ3v) is 0. The molecule has 0 rings (SSSR count). The Labute approximate surface area is 88.0 Å². The van der Waals surface area contributed by atoms with Gasteiger partial charge in [-0.3, -0.25) is 0 Å². The summed E-state index contributed by atoms with van der Waals surface area (Å²) in [5.41, 5.74) is 0. The normalized spacial score (nSPS) is 1.71. The van der Waals surface area contributed by atoms with Crippen molar-refractivity contribution in [1.29, 1.82) is 0 Å². The number of nitrogens with zero attached hydrogens (tertiary/aromatic N) is 1. The zero-order chi connectivity index (χ0) is 3.58. The summed E-state index contributed by atoms with van der Waals surface area (Å²) in [5.74, 6) is 0. The quantitative estimate of drug-likeness (QED) is 0.307. The first-order chi connectivity index (χ1) is 1.73. The summed E-state index contributed by atoms with van der Waals surface area (Å²) in [6, 6.07) is 0.